The Kier molecular flexibility index (Phi) is 3.91. The third-order valence-corrected chi connectivity index (χ3v) is 4.47. The zero-order valence-electron chi connectivity index (χ0n) is 13.9. The first-order valence-corrected chi connectivity index (χ1v) is 8.21. The molecule has 1 aliphatic heterocycles. The average Bonchev–Trinajstić information content (AvgIpc) is 3.18. The Morgan fingerprint density at radius 3 is 2.67 bits per heavy atom. The number of rotatable bonds is 3. The monoisotopic (exact) mass is 373 g/mol. The van der Waals surface area contributed by atoms with E-state index in [4.69, 9.17) is 0 Å². The highest BCUT2D eigenvalue weighted by atomic mass is 19.4. The van der Waals surface area contributed by atoms with Crippen LogP contribution in [0.2, 0.25) is 0 Å². The second kappa shape index (κ2) is 6.15. The molecule has 0 radical (unpaired) electrons. The smallest absolute Gasteiger partial charge is 0.373 e. The first-order valence-electron chi connectivity index (χ1n) is 8.21. The maximum atomic E-state index is 12.9. The number of fused-ring (bicyclic) bond motifs is 1. The fourth-order valence-corrected chi connectivity index (χ4v) is 3.18. The molecule has 1 aromatic heterocycles. The summed E-state index contributed by atoms with van der Waals surface area (Å²) in [4.78, 5) is 28.8. The lowest BCUT2D eigenvalue weighted by Gasteiger charge is -2.17. The first-order chi connectivity index (χ1) is 12.8. The number of halogens is 3. The lowest BCUT2D eigenvalue weighted by molar-refractivity contribution is -0.137. The summed E-state index contributed by atoms with van der Waals surface area (Å²) in [5.74, 6) is -1.12. The summed E-state index contributed by atoms with van der Waals surface area (Å²) >= 11 is 0. The standard InChI is InChI=1S/C19H14F3N3O2/c20-19(21,22)12-2-1-3-14(8-12)25-17(26)10-16(18(25)27)24-13-5-4-11-6-7-23-15(11)9-13/h1-9,16,23-24H,10H2/t16-/m1/s1. The maximum Gasteiger partial charge on any atom is 0.416 e. The summed E-state index contributed by atoms with van der Waals surface area (Å²) in [5, 5.41) is 3.99. The van der Waals surface area contributed by atoms with Crippen molar-refractivity contribution in [2.24, 2.45) is 0 Å². The molecule has 1 aliphatic rings. The van der Waals surface area contributed by atoms with Crippen LogP contribution in [0.5, 0.6) is 0 Å². The molecule has 1 saturated heterocycles. The van der Waals surface area contributed by atoms with Crippen molar-refractivity contribution in [1.29, 1.82) is 0 Å². The van der Waals surface area contributed by atoms with Crippen LogP contribution < -0.4 is 10.2 Å². The van der Waals surface area contributed by atoms with Crippen molar-refractivity contribution in [3.05, 3.63) is 60.3 Å². The molecule has 4 rings (SSSR count). The molecule has 1 atom stereocenters. The topological polar surface area (TPSA) is 65.2 Å². The van der Waals surface area contributed by atoms with Gasteiger partial charge in [0.2, 0.25) is 5.91 Å². The minimum Gasteiger partial charge on any atom is -0.373 e. The Balaban J connectivity index is 1.58. The van der Waals surface area contributed by atoms with Crippen LogP contribution in [0.15, 0.2) is 54.7 Å². The van der Waals surface area contributed by atoms with Gasteiger partial charge in [0, 0.05) is 17.4 Å². The Bertz CT molecular complexity index is 1040. The van der Waals surface area contributed by atoms with Crippen LogP contribution in [0.1, 0.15) is 12.0 Å². The summed E-state index contributed by atoms with van der Waals surface area (Å²) < 4.78 is 38.7. The second-order valence-electron chi connectivity index (χ2n) is 6.30. The molecule has 2 N–H and O–H groups in total. The van der Waals surface area contributed by atoms with Gasteiger partial charge in [-0.15, -0.1) is 0 Å². The lowest BCUT2D eigenvalue weighted by Crippen LogP contribution is -2.35. The number of hydrogen-bond acceptors (Lipinski definition) is 3. The van der Waals surface area contributed by atoms with Crippen LogP contribution in [0.4, 0.5) is 24.5 Å². The molecule has 0 unspecified atom stereocenters. The molecular weight excluding hydrogens is 359 g/mol. The molecule has 2 aromatic carbocycles. The molecule has 0 spiro atoms. The van der Waals surface area contributed by atoms with Crippen molar-refractivity contribution in [2.75, 3.05) is 10.2 Å². The second-order valence-corrected chi connectivity index (χ2v) is 6.30. The van der Waals surface area contributed by atoms with Gasteiger partial charge in [-0.1, -0.05) is 12.1 Å². The maximum absolute atomic E-state index is 12.9. The number of H-pyrrole nitrogens is 1. The van der Waals surface area contributed by atoms with Crippen LogP contribution in [0, 0.1) is 0 Å². The zero-order chi connectivity index (χ0) is 19.2. The number of nitrogens with zero attached hydrogens (tertiary/aromatic N) is 1. The van der Waals surface area contributed by atoms with Gasteiger partial charge in [0.05, 0.1) is 17.7 Å². The molecular formula is C19H14F3N3O2. The minimum absolute atomic E-state index is 0.0797. The van der Waals surface area contributed by atoms with Crippen molar-refractivity contribution in [3.63, 3.8) is 0 Å². The molecule has 8 heteroatoms. The molecule has 1 fully saturated rings. The summed E-state index contributed by atoms with van der Waals surface area (Å²) in [5.41, 5.74) is 0.520. The van der Waals surface area contributed by atoms with Crippen molar-refractivity contribution >= 4 is 34.1 Å². The molecule has 0 aliphatic carbocycles. The average molecular weight is 373 g/mol. The molecule has 0 bridgehead atoms. The minimum atomic E-state index is -4.55. The van der Waals surface area contributed by atoms with Crippen LogP contribution in [0.25, 0.3) is 10.9 Å². The van der Waals surface area contributed by atoms with Gasteiger partial charge in [-0.25, -0.2) is 4.90 Å². The van der Waals surface area contributed by atoms with E-state index >= 15 is 0 Å². The van der Waals surface area contributed by atoms with Gasteiger partial charge in [0.25, 0.3) is 5.91 Å². The van der Waals surface area contributed by atoms with Gasteiger partial charge in [-0.3, -0.25) is 9.59 Å². The van der Waals surface area contributed by atoms with Crippen molar-refractivity contribution in [1.82, 2.24) is 4.98 Å². The molecule has 5 nitrogen and oxygen atoms in total. The number of nitrogens with one attached hydrogen (secondary N) is 2. The van der Waals surface area contributed by atoms with Crippen molar-refractivity contribution in [3.8, 4) is 0 Å². The Labute approximate surface area is 151 Å². The van der Waals surface area contributed by atoms with E-state index in [-0.39, 0.29) is 12.1 Å². The van der Waals surface area contributed by atoms with E-state index < -0.39 is 29.6 Å². The predicted molar refractivity (Wildman–Crippen MR) is 94.3 cm³/mol. The highest BCUT2D eigenvalue weighted by Gasteiger charge is 2.40. The van der Waals surface area contributed by atoms with Gasteiger partial charge in [0.1, 0.15) is 6.04 Å². The summed E-state index contributed by atoms with van der Waals surface area (Å²) in [6.07, 6.45) is -2.89. The zero-order valence-corrected chi connectivity index (χ0v) is 13.9. The fraction of sp³-hybridized carbons (Fsp3) is 0.158. The number of anilines is 2. The van der Waals surface area contributed by atoms with Crippen molar-refractivity contribution in [2.45, 2.75) is 18.6 Å². The van der Waals surface area contributed by atoms with Gasteiger partial charge in [0.15, 0.2) is 0 Å². The number of imide groups is 1. The summed E-state index contributed by atoms with van der Waals surface area (Å²) in [6, 6.07) is 10.7. The molecule has 3 aromatic rings. The van der Waals surface area contributed by atoms with E-state index in [0.29, 0.717) is 5.69 Å². The number of amides is 2. The largest absolute Gasteiger partial charge is 0.416 e. The number of benzene rings is 2. The van der Waals surface area contributed by atoms with E-state index in [2.05, 4.69) is 10.3 Å². The van der Waals surface area contributed by atoms with Gasteiger partial charge < -0.3 is 10.3 Å². The van der Waals surface area contributed by atoms with Gasteiger partial charge >= 0.3 is 6.18 Å². The fourth-order valence-electron chi connectivity index (χ4n) is 3.18. The van der Waals surface area contributed by atoms with E-state index in [1.807, 2.05) is 12.1 Å². The van der Waals surface area contributed by atoms with Crippen LogP contribution in [-0.4, -0.2) is 22.8 Å². The normalized spacial score (nSPS) is 17.7. The van der Waals surface area contributed by atoms with Crippen LogP contribution >= 0.6 is 0 Å². The van der Waals surface area contributed by atoms with Crippen molar-refractivity contribution < 1.29 is 22.8 Å². The number of aromatic amines is 1. The Morgan fingerprint density at radius 1 is 1.07 bits per heavy atom. The summed E-state index contributed by atoms with van der Waals surface area (Å²) in [7, 11) is 0. The Morgan fingerprint density at radius 2 is 1.89 bits per heavy atom. The van der Waals surface area contributed by atoms with Gasteiger partial charge in [-0.05, 0) is 41.8 Å². The number of alkyl halides is 3. The lowest BCUT2D eigenvalue weighted by atomic mass is 10.2. The summed E-state index contributed by atoms with van der Waals surface area (Å²) in [6.45, 7) is 0. The van der Waals surface area contributed by atoms with Gasteiger partial charge in [-0.2, -0.15) is 13.2 Å². The predicted octanol–water partition coefficient (Wildman–Crippen LogP) is 3.93. The number of aromatic nitrogens is 1. The SMILES string of the molecule is O=C1C[C@@H](Nc2ccc3cc[nH]c3c2)C(=O)N1c1cccc(C(F)(F)F)c1. The van der Waals surface area contributed by atoms with Crippen LogP contribution in [0.3, 0.4) is 0 Å². The van der Waals surface area contributed by atoms with E-state index in [0.717, 1.165) is 27.9 Å². The van der Waals surface area contributed by atoms with E-state index in [9.17, 15) is 22.8 Å². The first kappa shape index (κ1) is 17.1. The highest BCUT2D eigenvalue weighted by Crippen LogP contribution is 2.33. The molecule has 0 saturated carbocycles. The molecule has 138 valence electrons. The number of carbonyl (C=O) groups excluding carboxylic acids is 2. The van der Waals surface area contributed by atoms with E-state index in [1.54, 1.807) is 18.3 Å². The molecule has 2 amide bonds. The number of hydrogen-bond donors (Lipinski definition) is 2. The quantitative estimate of drug-likeness (QED) is 0.684. The highest BCUT2D eigenvalue weighted by molar-refractivity contribution is 6.23. The third kappa shape index (κ3) is 3.14. The van der Waals surface area contributed by atoms with Crippen LogP contribution in [-0.2, 0) is 15.8 Å². The van der Waals surface area contributed by atoms with E-state index in [1.165, 1.54) is 12.1 Å². The molecule has 27 heavy (non-hydrogen) atoms. The molecule has 2 heterocycles. The number of carbonyl (C=O) groups is 2. The Hall–Kier alpha value is -3.29. The third-order valence-electron chi connectivity index (χ3n) is 4.47.